The lowest BCUT2D eigenvalue weighted by molar-refractivity contribution is -0.137. The van der Waals surface area contributed by atoms with Crippen LogP contribution in [-0.2, 0) is 17.4 Å². The molecule has 0 aliphatic carbocycles. The van der Waals surface area contributed by atoms with Crippen molar-refractivity contribution in [1.82, 2.24) is 24.4 Å². The number of hydrogen-bond donors (Lipinski definition) is 1. The molecule has 1 aliphatic rings. The number of thiazole rings is 1. The molecule has 0 unspecified atom stereocenters. The van der Waals surface area contributed by atoms with Crippen LogP contribution in [0.2, 0.25) is 0 Å². The van der Waals surface area contributed by atoms with Gasteiger partial charge in [-0.25, -0.2) is 4.98 Å². The van der Waals surface area contributed by atoms with Crippen molar-refractivity contribution in [3.05, 3.63) is 46.1 Å². The lowest BCUT2D eigenvalue weighted by atomic mass is 10.0. The van der Waals surface area contributed by atoms with Gasteiger partial charge in [0.25, 0.3) is 0 Å². The molecule has 1 amide bonds. The van der Waals surface area contributed by atoms with E-state index < -0.39 is 17.8 Å². The molecule has 1 atom stereocenters. The zero-order valence-electron chi connectivity index (χ0n) is 17.1. The lowest BCUT2D eigenvalue weighted by Crippen LogP contribution is -2.49. The molecule has 7 nitrogen and oxygen atoms in total. The molecule has 31 heavy (non-hydrogen) atoms. The Bertz CT molecular complexity index is 1080. The van der Waals surface area contributed by atoms with E-state index in [1.807, 2.05) is 6.92 Å². The largest absolute Gasteiger partial charge is 0.492 e. The first-order valence-electron chi connectivity index (χ1n) is 9.93. The second kappa shape index (κ2) is 8.12. The Morgan fingerprint density at radius 2 is 1.84 bits per heavy atom. The number of piperazine rings is 1. The SMILES string of the molecule is CCc1nc2sc([C@@H](c3ccc(C(F)(F)F)cc3)N3CCN(C(C)=O)CC3)c(O)n2n1. The van der Waals surface area contributed by atoms with Crippen LogP contribution in [0, 0.1) is 0 Å². The number of amides is 1. The quantitative estimate of drug-likeness (QED) is 0.656. The van der Waals surface area contributed by atoms with Gasteiger partial charge in [0.15, 0.2) is 5.82 Å². The Morgan fingerprint density at radius 3 is 2.35 bits per heavy atom. The van der Waals surface area contributed by atoms with E-state index in [2.05, 4.69) is 15.0 Å². The molecule has 0 radical (unpaired) electrons. The molecular weight excluding hydrogens is 431 g/mol. The van der Waals surface area contributed by atoms with E-state index in [4.69, 9.17) is 0 Å². The van der Waals surface area contributed by atoms with Gasteiger partial charge in [-0.15, -0.1) is 5.10 Å². The summed E-state index contributed by atoms with van der Waals surface area (Å²) in [7, 11) is 0. The average Bonchev–Trinajstić information content (AvgIpc) is 3.28. The van der Waals surface area contributed by atoms with Gasteiger partial charge in [0.2, 0.25) is 16.7 Å². The highest BCUT2D eigenvalue weighted by molar-refractivity contribution is 7.17. The van der Waals surface area contributed by atoms with Crippen molar-refractivity contribution < 1.29 is 23.1 Å². The van der Waals surface area contributed by atoms with Crippen LogP contribution in [0.4, 0.5) is 13.2 Å². The minimum Gasteiger partial charge on any atom is -0.492 e. The Kier molecular flexibility index (Phi) is 5.65. The second-order valence-corrected chi connectivity index (χ2v) is 8.44. The van der Waals surface area contributed by atoms with E-state index in [9.17, 15) is 23.1 Å². The molecule has 0 bridgehead atoms. The second-order valence-electron chi connectivity index (χ2n) is 7.43. The third-order valence-electron chi connectivity index (χ3n) is 5.49. The van der Waals surface area contributed by atoms with Crippen LogP contribution in [0.15, 0.2) is 24.3 Å². The predicted octanol–water partition coefficient (Wildman–Crippen LogP) is 3.33. The number of aryl methyl sites for hydroxylation is 1. The van der Waals surface area contributed by atoms with Crippen LogP contribution in [0.5, 0.6) is 5.88 Å². The van der Waals surface area contributed by atoms with Crippen LogP contribution < -0.4 is 0 Å². The fourth-order valence-electron chi connectivity index (χ4n) is 3.80. The fourth-order valence-corrected chi connectivity index (χ4v) is 4.93. The van der Waals surface area contributed by atoms with Crippen molar-refractivity contribution in [3.63, 3.8) is 0 Å². The topological polar surface area (TPSA) is 74.0 Å². The third kappa shape index (κ3) is 4.11. The highest BCUT2D eigenvalue weighted by Crippen LogP contribution is 2.41. The maximum atomic E-state index is 13.0. The van der Waals surface area contributed by atoms with Crippen LogP contribution in [0.1, 0.15) is 41.7 Å². The van der Waals surface area contributed by atoms with Crippen LogP contribution in [0.3, 0.4) is 0 Å². The van der Waals surface area contributed by atoms with Gasteiger partial charge in [-0.3, -0.25) is 9.69 Å². The molecule has 1 saturated heterocycles. The molecule has 1 aliphatic heterocycles. The van der Waals surface area contributed by atoms with Crippen LogP contribution >= 0.6 is 11.3 Å². The molecule has 2 aromatic heterocycles. The van der Waals surface area contributed by atoms with E-state index in [1.165, 1.54) is 34.9 Å². The number of fused-ring (bicyclic) bond motifs is 1. The molecule has 0 spiro atoms. The van der Waals surface area contributed by atoms with Crippen molar-refractivity contribution in [3.8, 4) is 5.88 Å². The first kappa shape index (κ1) is 21.6. The molecule has 3 aromatic rings. The van der Waals surface area contributed by atoms with Crippen LogP contribution in [0.25, 0.3) is 4.96 Å². The number of alkyl halides is 3. The number of aromatic hydroxyl groups is 1. The summed E-state index contributed by atoms with van der Waals surface area (Å²) in [6.07, 6.45) is -3.80. The number of carbonyl (C=O) groups excluding carboxylic acids is 1. The van der Waals surface area contributed by atoms with Crippen molar-refractivity contribution in [2.45, 2.75) is 32.5 Å². The molecule has 3 heterocycles. The Labute approximate surface area is 180 Å². The average molecular weight is 453 g/mol. The van der Waals surface area contributed by atoms with Gasteiger partial charge >= 0.3 is 6.18 Å². The molecule has 11 heteroatoms. The normalized spacial score (nSPS) is 16.7. The zero-order chi connectivity index (χ0) is 22.3. The number of hydrogen-bond acceptors (Lipinski definition) is 6. The van der Waals surface area contributed by atoms with E-state index >= 15 is 0 Å². The standard InChI is InChI=1S/C20H22F3N5O2S/c1-3-15-24-19-28(25-15)18(30)17(31-19)16(27-10-8-26(9-11-27)12(2)29)13-4-6-14(7-5-13)20(21,22)23/h4-7,16,30H,3,8-11H2,1-2H3/t16-/m1/s1. The molecule has 0 saturated carbocycles. The van der Waals surface area contributed by atoms with Gasteiger partial charge in [0.1, 0.15) is 0 Å². The summed E-state index contributed by atoms with van der Waals surface area (Å²) in [5.41, 5.74) is -0.101. The molecule has 4 rings (SSSR count). The number of aromatic nitrogens is 3. The van der Waals surface area contributed by atoms with Crippen molar-refractivity contribution in [2.75, 3.05) is 26.2 Å². The highest BCUT2D eigenvalue weighted by Gasteiger charge is 2.34. The van der Waals surface area contributed by atoms with Gasteiger partial charge in [-0.1, -0.05) is 30.4 Å². The van der Waals surface area contributed by atoms with Gasteiger partial charge in [-0.2, -0.15) is 17.7 Å². The van der Waals surface area contributed by atoms with Crippen LogP contribution in [-0.4, -0.2) is 61.6 Å². The molecule has 1 N–H and O–H groups in total. The lowest BCUT2D eigenvalue weighted by Gasteiger charge is -2.38. The zero-order valence-corrected chi connectivity index (χ0v) is 17.9. The van der Waals surface area contributed by atoms with Gasteiger partial charge in [-0.05, 0) is 17.7 Å². The molecule has 1 aromatic carbocycles. The van der Waals surface area contributed by atoms with Crippen molar-refractivity contribution >= 4 is 22.2 Å². The van der Waals surface area contributed by atoms with E-state index in [-0.39, 0.29) is 11.8 Å². The summed E-state index contributed by atoms with van der Waals surface area (Å²) in [6, 6.07) is 4.51. The number of rotatable bonds is 4. The van der Waals surface area contributed by atoms with Crippen molar-refractivity contribution in [2.24, 2.45) is 0 Å². The summed E-state index contributed by atoms with van der Waals surface area (Å²) in [5.74, 6) is 0.528. The third-order valence-corrected chi connectivity index (χ3v) is 6.56. The smallest absolute Gasteiger partial charge is 0.416 e. The van der Waals surface area contributed by atoms with Gasteiger partial charge in [0.05, 0.1) is 16.5 Å². The first-order valence-corrected chi connectivity index (χ1v) is 10.7. The van der Waals surface area contributed by atoms with E-state index in [0.717, 1.165) is 12.1 Å². The fraction of sp³-hybridized carbons (Fsp3) is 0.450. The summed E-state index contributed by atoms with van der Waals surface area (Å²) < 4.78 is 40.5. The highest BCUT2D eigenvalue weighted by atomic mass is 32.1. The predicted molar refractivity (Wildman–Crippen MR) is 109 cm³/mol. The minimum atomic E-state index is -4.42. The Morgan fingerprint density at radius 1 is 1.19 bits per heavy atom. The molecular formula is C20H22F3N5O2S. The van der Waals surface area contributed by atoms with Gasteiger partial charge in [0, 0.05) is 39.5 Å². The Balaban J connectivity index is 1.74. The molecule has 166 valence electrons. The maximum absolute atomic E-state index is 13.0. The Hall–Kier alpha value is -2.66. The van der Waals surface area contributed by atoms with Crippen molar-refractivity contribution in [1.29, 1.82) is 0 Å². The minimum absolute atomic E-state index is 0.0144. The number of benzene rings is 1. The monoisotopic (exact) mass is 453 g/mol. The summed E-state index contributed by atoms with van der Waals surface area (Å²) >= 11 is 1.27. The number of halogens is 3. The van der Waals surface area contributed by atoms with Gasteiger partial charge < -0.3 is 10.0 Å². The number of carbonyl (C=O) groups is 1. The molecule has 1 fully saturated rings. The maximum Gasteiger partial charge on any atom is 0.416 e. The van der Waals surface area contributed by atoms with E-state index in [1.54, 1.807) is 4.90 Å². The summed E-state index contributed by atoms with van der Waals surface area (Å²) in [5, 5.41) is 15.2. The van der Waals surface area contributed by atoms with E-state index in [0.29, 0.717) is 53.8 Å². The number of nitrogens with zero attached hydrogens (tertiary/aromatic N) is 5. The summed E-state index contributed by atoms with van der Waals surface area (Å²) in [6.45, 7) is 5.50. The summed E-state index contributed by atoms with van der Waals surface area (Å²) in [4.78, 5) is 21.0. The first-order chi connectivity index (χ1) is 14.7.